The number of ether oxygens (including phenoxy) is 1. The number of alkyl carbamates (subject to hydrolysis) is 1. The van der Waals surface area contributed by atoms with E-state index in [9.17, 15) is 14.4 Å². The summed E-state index contributed by atoms with van der Waals surface area (Å²) in [4.78, 5) is 49.3. The molecule has 1 aliphatic heterocycles. The molecule has 1 amide bonds. The number of carbonyl (C=O) groups is 1. The number of nitrogens with one attached hydrogen (secondary N) is 1. The van der Waals surface area contributed by atoms with Gasteiger partial charge < -0.3 is 19.9 Å². The fourth-order valence-corrected chi connectivity index (χ4v) is 5.84. The highest BCUT2D eigenvalue weighted by molar-refractivity contribution is 5.96. The van der Waals surface area contributed by atoms with Gasteiger partial charge in [-0.25, -0.2) is 9.59 Å². The zero-order valence-electron chi connectivity index (χ0n) is 26.6. The second-order valence-electron chi connectivity index (χ2n) is 12.4. The lowest BCUT2D eigenvalue weighted by atomic mass is 10.0. The van der Waals surface area contributed by atoms with Crippen molar-refractivity contribution in [1.82, 2.24) is 24.0 Å². The van der Waals surface area contributed by atoms with Crippen LogP contribution in [-0.2, 0) is 24.9 Å². The summed E-state index contributed by atoms with van der Waals surface area (Å²) in [6, 6.07) is 11.8. The normalized spacial score (nSPS) is 15.2. The van der Waals surface area contributed by atoms with Gasteiger partial charge in [-0.05, 0) is 57.6 Å². The first-order valence-electron chi connectivity index (χ1n) is 14.9. The molecule has 0 saturated carbocycles. The van der Waals surface area contributed by atoms with Crippen molar-refractivity contribution < 1.29 is 9.53 Å². The largest absolute Gasteiger partial charge is 0.444 e. The van der Waals surface area contributed by atoms with Crippen molar-refractivity contribution in [2.75, 3.05) is 37.0 Å². The number of amides is 1. The summed E-state index contributed by atoms with van der Waals surface area (Å²) in [6.07, 6.45) is 1.13. The van der Waals surface area contributed by atoms with E-state index < -0.39 is 22.9 Å². The lowest BCUT2D eigenvalue weighted by Gasteiger charge is -2.34. The number of aryl methyl sites for hydroxylation is 1. The summed E-state index contributed by atoms with van der Waals surface area (Å²) in [5, 5.41) is 5.00. The molecule has 1 unspecified atom stereocenters. The molecule has 1 atom stereocenters. The summed E-state index contributed by atoms with van der Waals surface area (Å²) in [6.45, 7) is 8.74. The molecule has 1 aliphatic rings. The fraction of sp³-hybridized carbons (Fsp3) is 0.455. The van der Waals surface area contributed by atoms with Crippen LogP contribution in [0.1, 0.15) is 46.1 Å². The average Bonchev–Trinajstić information content (AvgIpc) is 3.36. The molecule has 4 aromatic rings. The minimum absolute atomic E-state index is 0.112. The minimum atomic E-state index is -0.601. The SMILES string of the molecule is CC#CCn1c(N2CCCC(NC(=O)OC(C)(C)C)C2)nc2c1c(=O)n(Cc1ccc(N(C)C)c3ccccc13)c(=O)n2C. The van der Waals surface area contributed by atoms with Crippen molar-refractivity contribution in [3.05, 3.63) is 62.8 Å². The summed E-state index contributed by atoms with van der Waals surface area (Å²) in [5.74, 6) is 6.54. The zero-order chi connectivity index (χ0) is 31.8. The Morgan fingerprint density at radius 3 is 2.52 bits per heavy atom. The maximum absolute atomic E-state index is 14.2. The van der Waals surface area contributed by atoms with Gasteiger partial charge in [0.1, 0.15) is 5.60 Å². The molecular formula is C33H41N7O4. The molecule has 1 saturated heterocycles. The van der Waals surface area contributed by atoms with E-state index in [-0.39, 0.29) is 19.1 Å². The Morgan fingerprint density at radius 2 is 1.84 bits per heavy atom. The van der Waals surface area contributed by atoms with E-state index in [4.69, 9.17) is 9.72 Å². The molecule has 3 heterocycles. The highest BCUT2D eigenvalue weighted by atomic mass is 16.6. The number of nitrogens with zero attached hydrogens (tertiary/aromatic N) is 6. The van der Waals surface area contributed by atoms with Gasteiger partial charge in [-0.15, -0.1) is 5.92 Å². The molecule has 5 rings (SSSR count). The average molecular weight is 600 g/mol. The number of carbonyl (C=O) groups excluding carboxylic acids is 1. The highest BCUT2D eigenvalue weighted by Crippen LogP contribution is 2.29. The molecular weight excluding hydrogens is 558 g/mol. The second kappa shape index (κ2) is 12.1. The van der Waals surface area contributed by atoms with E-state index in [0.29, 0.717) is 30.2 Å². The van der Waals surface area contributed by atoms with Crippen LogP contribution < -0.4 is 26.4 Å². The van der Waals surface area contributed by atoms with E-state index in [2.05, 4.69) is 17.2 Å². The van der Waals surface area contributed by atoms with Gasteiger partial charge in [-0.2, -0.15) is 4.98 Å². The highest BCUT2D eigenvalue weighted by Gasteiger charge is 2.29. The first-order valence-corrected chi connectivity index (χ1v) is 14.9. The summed E-state index contributed by atoms with van der Waals surface area (Å²) in [7, 11) is 5.63. The van der Waals surface area contributed by atoms with Crippen molar-refractivity contribution in [1.29, 1.82) is 0 Å². The van der Waals surface area contributed by atoms with Gasteiger partial charge in [0.2, 0.25) is 5.95 Å². The number of piperidine rings is 1. The number of hydrogen-bond donors (Lipinski definition) is 1. The molecule has 2 aromatic carbocycles. The summed E-state index contributed by atoms with van der Waals surface area (Å²) in [5.41, 5.74) is 1.10. The third kappa shape index (κ3) is 6.02. The van der Waals surface area contributed by atoms with Crippen LogP contribution in [0.15, 0.2) is 46.0 Å². The molecule has 0 bridgehead atoms. The fourth-order valence-electron chi connectivity index (χ4n) is 5.84. The van der Waals surface area contributed by atoms with Crippen LogP contribution in [0.2, 0.25) is 0 Å². The van der Waals surface area contributed by atoms with Crippen molar-refractivity contribution in [2.24, 2.45) is 7.05 Å². The number of benzene rings is 2. The van der Waals surface area contributed by atoms with Gasteiger partial charge in [-0.3, -0.25) is 18.5 Å². The monoisotopic (exact) mass is 599 g/mol. The quantitative estimate of drug-likeness (QED) is 0.337. The summed E-state index contributed by atoms with van der Waals surface area (Å²) >= 11 is 0. The standard InChI is InChI=1S/C33H41N7O4/c1-8-9-19-39-27-28(35-30(39)38-18-12-13-23(21-38)34-31(42)44-33(2,3)4)37(7)32(43)40(29(27)41)20-22-16-17-26(36(5)6)25-15-11-10-14-24(22)25/h10-11,14-17,23H,12-13,18-21H2,1-7H3,(H,34,42). The van der Waals surface area contributed by atoms with Gasteiger partial charge in [0.15, 0.2) is 11.2 Å². The molecule has 0 aliphatic carbocycles. The van der Waals surface area contributed by atoms with E-state index in [1.807, 2.05) is 81.1 Å². The van der Waals surface area contributed by atoms with Crippen LogP contribution in [0.5, 0.6) is 0 Å². The zero-order valence-corrected chi connectivity index (χ0v) is 26.6. The maximum Gasteiger partial charge on any atom is 0.407 e. The number of imidazole rings is 1. The molecule has 0 radical (unpaired) electrons. The molecule has 44 heavy (non-hydrogen) atoms. The Bertz CT molecular complexity index is 1900. The number of rotatable bonds is 6. The van der Waals surface area contributed by atoms with Crippen molar-refractivity contribution >= 4 is 39.7 Å². The predicted molar refractivity (Wildman–Crippen MR) is 175 cm³/mol. The maximum atomic E-state index is 14.2. The molecule has 11 heteroatoms. The van der Waals surface area contributed by atoms with Gasteiger partial charge >= 0.3 is 11.8 Å². The summed E-state index contributed by atoms with van der Waals surface area (Å²) < 4.78 is 9.98. The van der Waals surface area contributed by atoms with Gasteiger partial charge in [0, 0.05) is 51.3 Å². The van der Waals surface area contributed by atoms with E-state index in [0.717, 1.165) is 34.9 Å². The molecule has 2 aromatic heterocycles. The van der Waals surface area contributed by atoms with Gasteiger partial charge in [0.05, 0.1) is 13.1 Å². The van der Waals surface area contributed by atoms with E-state index >= 15 is 0 Å². The van der Waals surface area contributed by atoms with Crippen LogP contribution in [0.3, 0.4) is 0 Å². The number of hydrogen-bond acceptors (Lipinski definition) is 7. The van der Waals surface area contributed by atoms with Crippen LogP contribution in [0, 0.1) is 11.8 Å². The van der Waals surface area contributed by atoms with Gasteiger partial charge in [0.25, 0.3) is 5.56 Å². The first kappa shape index (κ1) is 30.7. The van der Waals surface area contributed by atoms with Crippen molar-refractivity contribution in [3.63, 3.8) is 0 Å². The Hall–Kier alpha value is -4.72. The number of fused-ring (bicyclic) bond motifs is 2. The number of anilines is 2. The second-order valence-corrected chi connectivity index (χ2v) is 12.4. The Balaban J connectivity index is 1.58. The first-order chi connectivity index (χ1) is 20.9. The minimum Gasteiger partial charge on any atom is -0.444 e. The van der Waals surface area contributed by atoms with E-state index in [1.54, 1.807) is 18.5 Å². The number of aromatic nitrogens is 4. The lowest BCUT2D eigenvalue weighted by molar-refractivity contribution is 0.0499. The van der Waals surface area contributed by atoms with Crippen LogP contribution in [0.4, 0.5) is 16.4 Å². The molecule has 232 valence electrons. The van der Waals surface area contributed by atoms with E-state index in [1.165, 1.54) is 9.13 Å². The van der Waals surface area contributed by atoms with Crippen LogP contribution in [-0.4, -0.2) is 63.6 Å². The Kier molecular flexibility index (Phi) is 8.46. The molecule has 1 N–H and O–H groups in total. The van der Waals surface area contributed by atoms with Gasteiger partial charge in [-0.1, -0.05) is 36.3 Å². The third-order valence-corrected chi connectivity index (χ3v) is 7.85. The Labute approximate surface area is 257 Å². The molecule has 0 spiro atoms. The van der Waals surface area contributed by atoms with Crippen LogP contribution in [0.25, 0.3) is 21.9 Å². The molecule has 1 fully saturated rings. The third-order valence-electron chi connectivity index (χ3n) is 7.85. The smallest absolute Gasteiger partial charge is 0.407 e. The van der Waals surface area contributed by atoms with Crippen molar-refractivity contribution in [3.8, 4) is 11.8 Å². The molecule has 11 nitrogen and oxygen atoms in total. The predicted octanol–water partition coefficient (Wildman–Crippen LogP) is 3.68. The van der Waals surface area contributed by atoms with Crippen molar-refractivity contribution in [2.45, 2.75) is 65.3 Å². The topological polar surface area (TPSA) is 107 Å². The van der Waals surface area contributed by atoms with Crippen LogP contribution >= 0.6 is 0 Å². The lowest BCUT2D eigenvalue weighted by Crippen LogP contribution is -2.49. The Morgan fingerprint density at radius 1 is 1.11 bits per heavy atom.